The number of nitrogens with one attached hydrogen (secondary N) is 1. The van der Waals surface area contributed by atoms with Gasteiger partial charge in [-0.15, -0.1) is 0 Å². The van der Waals surface area contributed by atoms with Gasteiger partial charge < -0.3 is 14.7 Å². The molecule has 2 amide bonds. The monoisotopic (exact) mass is 323 g/mol. The van der Waals surface area contributed by atoms with E-state index >= 15 is 0 Å². The van der Waals surface area contributed by atoms with E-state index in [1.807, 2.05) is 13.8 Å². The number of nitrogens with zero attached hydrogens (tertiary/aromatic N) is 2. The fraction of sp³-hybridized carbons (Fsp3) is 0.706. The Labute approximate surface area is 138 Å². The van der Waals surface area contributed by atoms with Crippen molar-refractivity contribution in [3.8, 4) is 0 Å². The molecule has 0 aromatic carbocycles. The van der Waals surface area contributed by atoms with E-state index in [-0.39, 0.29) is 35.7 Å². The lowest BCUT2D eigenvalue weighted by atomic mass is 9.84. The first-order chi connectivity index (χ1) is 10.6. The van der Waals surface area contributed by atoms with Crippen LogP contribution in [0.5, 0.6) is 0 Å². The molecule has 1 aromatic rings. The maximum absolute atomic E-state index is 12.5. The molecule has 23 heavy (non-hydrogen) atoms. The van der Waals surface area contributed by atoms with E-state index in [1.54, 1.807) is 11.0 Å². The molecule has 1 N–H and O–H groups in total. The number of carbonyl (C=O) groups excluding carboxylic acids is 2. The minimum atomic E-state index is -0.274. The van der Waals surface area contributed by atoms with E-state index in [4.69, 9.17) is 0 Å². The summed E-state index contributed by atoms with van der Waals surface area (Å²) in [7, 11) is 0. The minimum absolute atomic E-state index is 0.00653. The predicted octanol–water partition coefficient (Wildman–Crippen LogP) is 3.31. The minimum Gasteiger partial charge on any atom is -0.363 e. The van der Waals surface area contributed by atoms with Gasteiger partial charge in [0.15, 0.2) is 5.82 Å². The third kappa shape index (κ3) is 7.30. The molecule has 1 aromatic heterocycles. The van der Waals surface area contributed by atoms with E-state index in [0.29, 0.717) is 12.2 Å². The highest BCUT2D eigenvalue weighted by Gasteiger charge is 2.24. The maximum atomic E-state index is 12.5. The smallest absolute Gasteiger partial charge is 0.245 e. The molecule has 0 radical (unpaired) electrons. The summed E-state index contributed by atoms with van der Waals surface area (Å²) in [5, 5.41) is 6.25. The highest BCUT2D eigenvalue weighted by atomic mass is 16.5. The van der Waals surface area contributed by atoms with Crippen LogP contribution >= 0.6 is 0 Å². The Morgan fingerprint density at radius 3 is 2.43 bits per heavy atom. The zero-order valence-electron chi connectivity index (χ0n) is 15.0. The van der Waals surface area contributed by atoms with Crippen LogP contribution in [0, 0.1) is 11.3 Å². The molecule has 1 rings (SSSR count). The van der Waals surface area contributed by atoms with Crippen molar-refractivity contribution >= 4 is 17.6 Å². The number of hydrogen-bond acceptors (Lipinski definition) is 4. The molecule has 6 heteroatoms. The summed E-state index contributed by atoms with van der Waals surface area (Å²) in [5.74, 6) is 0.367. The highest BCUT2D eigenvalue weighted by Crippen LogP contribution is 2.26. The lowest BCUT2D eigenvalue weighted by molar-refractivity contribution is -0.137. The second-order valence-corrected chi connectivity index (χ2v) is 7.62. The van der Waals surface area contributed by atoms with Gasteiger partial charge in [0.05, 0.1) is 0 Å². The van der Waals surface area contributed by atoms with E-state index in [0.717, 1.165) is 6.42 Å². The van der Waals surface area contributed by atoms with Crippen molar-refractivity contribution in [3.05, 3.63) is 12.3 Å². The summed E-state index contributed by atoms with van der Waals surface area (Å²) in [6.07, 6.45) is 2.80. The fourth-order valence-corrected chi connectivity index (χ4v) is 2.71. The van der Waals surface area contributed by atoms with Gasteiger partial charge in [-0.1, -0.05) is 32.9 Å². The van der Waals surface area contributed by atoms with Crippen LogP contribution in [0.4, 0.5) is 5.82 Å². The van der Waals surface area contributed by atoms with Crippen molar-refractivity contribution in [1.82, 2.24) is 10.1 Å². The zero-order valence-corrected chi connectivity index (χ0v) is 15.0. The number of rotatable bonds is 7. The van der Waals surface area contributed by atoms with Crippen LogP contribution in [-0.2, 0) is 9.59 Å². The Morgan fingerprint density at radius 2 is 1.96 bits per heavy atom. The Balaban J connectivity index is 2.59. The standard InChI is InChI=1S/C17H29N3O3/c1-12(2)20(11-15(21)18-14-7-8-23-19-14)16(22)9-13(3)10-17(4,5)6/h7-8,12-13H,9-11H2,1-6H3,(H,18,19,21). The van der Waals surface area contributed by atoms with Crippen molar-refractivity contribution in [3.63, 3.8) is 0 Å². The number of carbonyl (C=O) groups is 2. The molecule has 0 aliphatic rings. The first-order valence-electron chi connectivity index (χ1n) is 8.08. The summed E-state index contributed by atoms with van der Waals surface area (Å²) < 4.78 is 4.67. The molecule has 0 aliphatic heterocycles. The van der Waals surface area contributed by atoms with Gasteiger partial charge in [0.2, 0.25) is 11.8 Å². The van der Waals surface area contributed by atoms with Gasteiger partial charge in [-0.3, -0.25) is 9.59 Å². The van der Waals surface area contributed by atoms with Crippen LogP contribution in [0.15, 0.2) is 16.9 Å². The fourth-order valence-electron chi connectivity index (χ4n) is 2.71. The number of hydrogen-bond donors (Lipinski definition) is 1. The molecule has 0 fully saturated rings. The molecule has 0 spiro atoms. The van der Waals surface area contributed by atoms with Crippen LogP contribution in [0.2, 0.25) is 0 Å². The SMILES string of the molecule is CC(CC(=O)N(CC(=O)Nc1ccon1)C(C)C)CC(C)(C)C. The summed E-state index contributed by atoms with van der Waals surface area (Å²) in [4.78, 5) is 26.2. The molecular weight excluding hydrogens is 294 g/mol. The molecule has 0 saturated carbocycles. The van der Waals surface area contributed by atoms with Crippen molar-refractivity contribution in [1.29, 1.82) is 0 Å². The van der Waals surface area contributed by atoms with Crippen LogP contribution in [0.3, 0.4) is 0 Å². The molecule has 6 nitrogen and oxygen atoms in total. The van der Waals surface area contributed by atoms with E-state index in [2.05, 4.69) is 42.7 Å². The van der Waals surface area contributed by atoms with Crippen molar-refractivity contribution in [2.75, 3.05) is 11.9 Å². The predicted molar refractivity (Wildman–Crippen MR) is 89.8 cm³/mol. The van der Waals surface area contributed by atoms with Crippen LogP contribution < -0.4 is 5.32 Å². The van der Waals surface area contributed by atoms with Crippen LogP contribution in [0.25, 0.3) is 0 Å². The van der Waals surface area contributed by atoms with Gasteiger partial charge in [0.25, 0.3) is 0 Å². The summed E-state index contributed by atoms with van der Waals surface area (Å²) in [6.45, 7) is 12.4. The average molecular weight is 323 g/mol. The molecule has 0 bridgehead atoms. The van der Waals surface area contributed by atoms with Gasteiger partial charge in [0.1, 0.15) is 12.8 Å². The van der Waals surface area contributed by atoms with Gasteiger partial charge in [-0.25, -0.2) is 0 Å². The molecule has 1 atom stereocenters. The molecule has 0 saturated heterocycles. The molecule has 1 unspecified atom stereocenters. The van der Waals surface area contributed by atoms with E-state index < -0.39 is 0 Å². The van der Waals surface area contributed by atoms with E-state index in [1.165, 1.54) is 6.26 Å². The van der Waals surface area contributed by atoms with Crippen LogP contribution in [0.1, 0.15) is 54.4 Å². The third-order valence-corrected chi connectivity index (χ3v) is 3.45. The lowest BCUT2D eigenvalue weighted by Crippen LogP contribution is -2.43. The van der Waals surface area contributed by atoms with Gasteiger partial charge in [-0.05, 0) is 31.6 Å². The third-order valence-electron chi connectivity index (χ3n) is 3.45. The van der Waals surface area contributed by atoms with Crippen LogP contribution in [-0.4, -0.2) is 34.5 Å². The summed E-state index contributed by atoms with van der Waals surface area (Å²) >= 11 is 0. The average Bonchev–Trinajstić information content (AvgIpc) is 2.85. The Morgan fingerprint density at radius 1 is 1.30 bits per heavy atom. The van der Waals surface area contributed by atoms with Gasteiger partial charge in [-0.2, -0.15) is 0 Å². The Bertz CT molecular complexity index is 504. The topological polar surface area (TPSA) is 75.4 Å². The lowest BCUT2D eigenvalue weighted by Gasteiger charge is -2.29. The zero-order chi connectivity index (χ0) is 17.6. The first kappa shape index (κ1) is 19.2. The van der Waals surface area contributed by atoms with E-state index in [9.17, 15) is 9.59 Å². The summed E-state index contributed by atoms with van der Waals surface area (Å²) in [5.41, 5.74) is 0.187. The van der Waals surface area contributed by atoms with Crippen molar-refractivity contribution < 1.29 is 14.1 Å². The van der Waals surface area contributed by atoms with Gasteiger partial charge >= 0.3 is 0 Å². The maximum Gasteiger partial charge on any atom is 0.245 e. The molecular formula is C17H29N3O3. The second kappa shape index (κ2) is 8.13. The highest BCUT2D eigenvalue weighted by molar-refractivity contribution is 5.93. The number of anilines is 1. The largest absolute Gasteiger partial charge is 0.363 e. The van der Waals surface area contributed by atoms with Crippen molar-refractivity contribution in [2.45, 2.75) is 60.4 Å². The Kier molecular flexibility index (Phi) is 6.79. The summed E-state index contributed by atoms with van der Waals surface area (Å²) in [6, 6.07) is 1.53. The first-order valence-corrected chi connectivity index (χ1v) is 8.08. The second-order valence-electron chi connectivity index (χ2n) is 7.62. The number of amides is 2. The van der Waals surface area contributed by atoms with Gasteiger partial charge in [0, 0.05) is 18.5 Å². The Hall–Kier alpha value is -1.85. The molecule has 130 valence electrons. The quantitative estimate of drug-likeness (QED) is 0.835. The molecule has 0 aliphatic carbocycles. The van der Waals surface area contributed by atoms with Crippen molar-refractivity contribution in [2.24, 2.45) is 11.3 Å². The normalized spacial score (nSPS) is 13.0. The molecule has 1 heterocycles. The number of aromatic nitrogens is 1.